The van der Waals surface area contributed by atoms with Crippen molar-refractivity contribution in [2.45, 2.75) is 39.0 Å². The molecule has 1 heterocycles. The molecule has 0 fully saturated rings. The van der Waals surface area contributed by atoms with Crippen LogP contribution in [0, 0.1) is 0 Å². The molecular weight excluding hydrogens is 296 g/mol. The van der Waals surface area contributed by atoms with Crippen LogP contribution in [0.3, 0.4) is 0 Å². The van der Waals surface area contributed by atoms with Gasteiger partial charge in [-0.2, -0.15) is 11.8 Å². The molecule has 0 saturated carbocycles. The second-order valence-corrected chi connectivity index (χ2v) is 6.93. The van der Waals surface area contributed by atoms with E-state index in [1.54, 1.807) is 6.20 Å². The van der Waals surface area contributed by atoms with Gasteiger partial charge in [0.1, 0.15) is 0 Å². The summed E-state index contributed by atoms with van der Waals surface area (Å²) < 4.78 is 5.70. The largest absolute Gasteiger partial charge is 0.478 e. The minimum absolute atomic E-state index is 0.168. The molecule has 0 aromatic carbocycles. The van der Waals surface area contributed by atoms with E-state index >= 15 is 0 Å². The van der Waals surface area contributed by atoms with E-state index in [9.17, 15) is 0 Å². The van der Waals surface area contributed by atoms with Gasteiger partial charge < -0.3 is 15.4 Å². The number of guanidine groups is 1. The fourth-order valence-corrected chi connectivity index (χ4v) is 1.90. The maximum absolute atomic E-state index is 5.54. The van der Waals surface area contributed by atoms with Gasteiger partial charge in [0, 0.05) is 29.6 Å². The van der Waals surface area contributed by atoms with Crippen molar-refractivity contribution < 1.29 is 4.74 Å². The van der Waals surface area contributed by atoms with Gasteiger partial charge in [-0.3, -0.25) is 0 Å². The Morgan fingerprint density at radius 3 is 2.77 bits per heavy atom. The highest BCUT2D eigenvalue weighted by Crippen LogP contribution is 2.19. The van der Waals surface area contributed by atoms with Crippen LogP contribution >= 0.6 is 11.8 Å². The lowest BCUT2D eigenvalue weighted by Gasteiger charge is -2.23. The van der Waals surface area contributed by atoms with Gasteiger partial charge in [0.25, 0.3) is 0 Å². The molecule has 0 saturated heterocycles. The number of nitrogens with zero attached hydrogens (tertiary/aromatic N) is 2. The first-order chi connectivity index (χ1) is 10.5. The molecule has 6 heteroatoms. The Balaban J connectivity index is 2.73. The predicted molar refractivity (Wildman–Crippen MR) is 95.8 cm³/mol. The molecule has 0 amide bonds. The highest BCUT2D eigenvalue weighted by molar-refractivity contribution is 7.99. The molecule has 1 aromatic rings. The van der Waals surface area contributed by atoms with Crippen molar-refractivity contribution >= 4 is 17.7 Å². The summed E-state index contributed by atoms with van der Waals surface area (Å²) in [4.78, 5) is 8.88. The number of pyridine rings is 1. The zero-order valence-electron chi connectivity index (χ0n) is 14.3. The number of hydrogen-bond donors (Lipinski definition) is 2. The molecular formula is C16H28N4OS. The number of thioether (sulfide) groups is 1. The normalized spacial score (nSPS) is 12.1. The smallest absolute Gasteiger partial charge is 0.218 e. The predicted octanol–water partition coefficient (Wildman–Crippen LogP) is 2.68. The fourth-order valence-electron chi connectivity index (χ4n) is 1.69. The average Bonchev–Trinajstić information content (AvgIpc) is 2.52. The Labute approximate surface area is 138 Å². The Bertz CT molecular complexity index is 477. The fraction of sp³-hybridized carbons (Fsp3) is 0.625. The van der Waals surface area contributed by atoms with Crippen molar-refractivity contribution in [2.75, 3.05) is 26.0 Å². The van der Waals surface area contributed by atoms with Crippen LogP contribution in [0.4, 0.5) is 0 Å². The molecule has 0 unspecified atom stereocenters. The highest BCUT2D eigenvalue weighted by atomic mass is 32.2. The number of aromatic nitrogens is 1. The van der Waals surface area contributed by atoms with E-state index in [0.29, 0.717) is 19.0 Å². The topological polar surface area (TPSA) is 58.5 Å². The number of ether oxygens (including phenoxy) is 1. The van der Waals surface area contributed by atoms with Crippen LogP contribution < -0.4 is 15.4 Å². The van der Waals surface area contributed by atoms with Crippen molar-refractivity contribution in [2.24, 2.45) is 4.99 Å². The molecule has 5 nitrogen and oxygen atoms in total. The standard InChI is InChI=1S/C16H28N4OS/c1-6-17-15(20-12-16(3,4)22-5)19-11-13-9-8-10-18-14(13)21-7-2/h8-10H,6-7,11-12H2,1-5H3,(H2,17,19,20). The molecule has 0 spiro atoms. The summed E-state index contributed by atoms with van der Waals surface area (Å²) in [6.07, 6.45) is 3.86. The SMILES string of the molecule is CCNC(=NCc1cccnc1OCC)NCC(C)(C)SC. The molecule has 2 N–H and O–H groups in total. The van der Waals surface area contributed by atoms with Crippen molar-refractivity contribution in [3.8, 4) is 5.88 Å². The summed E-state index contributed by atoms with van der Waals surface area (Å²) in [6.45, 7) is 11.3. The molecule has 0 aliphatic rings. The van der Waals surface area contributed by atoms with Crippen LogP contribution in [-0.4, -0.2) is 41.6 Å². The van der Waals surface area contributed by atoms with Gasteiger partial charge in [-0.15, -0.1) is 0 Å². The third-order valence-corrected chi connectivity index (χ3v) is 4.37. The first-order valence-electron chi connectivity index (χ1n) is 7.66. The molecule has 1 aromatic heterocycles. The molecule has 1 rings (SSSR count). The van der Waals surface area contributed by atoms with Crippen LogP contribution in [0.5, 0.6) is 5.88 Å². The molecule has 22 heavy (non-hydrogen) atoms. The van der Waals surface area contributed by atoms with E-state index < -0.39 is 0 Å². The van der Waals surface area contributed by atoms with Gasteiger partial charge in [-0.1, -0.05) is 6.07 Å². The number of rotatable bonds is 8. The summed E-state index contributed by atoms with van der Waals surface area (Å²) >= 11 is 1.84. The van der Waals surface area contributed by atoms with Crippen LogP contribution in [0.2, 0.25) is 0 Å². The van der Waals surface area contributed by atoms with Crippen molar-refractivity contribution in [3.05, 3.63) is 23.9 Å². The zero-order valence-corrected chi connectivity index (χ0v) is 15.1. The zero-order chi connectivity index (χ0) is 16.4. The maximum atomic E-state index is 5.54. The van der Waals surface area contributed by atoms with Crippen LogP contribution in [-0.2, 0) is 6.54 Å². The van der Waals surface area contributed by atoms with E-state index in [2.05, 4.69) is 47.6 Å². The lowest BCUT2D eigenvalue weighted by molar-refractivity contribution is 0.323. The maximum Gasteiger partial charge on any atom is 0.218 e. The second-order valence-electron chi connectivity index (χ2n) is 5.41. The lowest BCUT2D eigenvalue weighted by atomic mass is 10.2. The molecule has 0 aliphatic heterocycles. The van der Waals surface area contributed by atoms with Gasteiger partial charge in [-0.05, 0) is 40.0 Å². The third-order valence-electron chi connectivity index (χ3n) is 3.12. The second kappa shape index (κ2) is 9.56. The Kier molecular flexibility index (Phi) is 8.09. The van der Waals surface area contributed by atoms with E-state index in [1.165, 1.54) is 0 Å². The molecule has 0 atom stereocenters. The van der Waals surface area contributed by atoms with Gasteiger partial charge in [0.2, 0.25) is 5.88 Å². The average molecular weight is 324 g/mol. The Morgan fingerprint density at radius 1 is 1.36 bits per heavy atom. The first kappa shape index (κ1) is 18.6. The van der Waals surface area contributed by atoms with Crippen LogP contribution in [0.25, 0.3) is 0 Å². The van der Waals surface area contributed by atoms with E-state index in [-0.39, 0.29) is 4.75 Å². The monoisotopic (exact) mass is 324 g/mol. The third kappa shape index (κ3) is 6.56. The van der Waals surface area contributed by atoms with Gasteiger partial charge in [-0.25, -0.2) is 9.98 Å². The minimum Gasteiger partial charge on any atom is -0.478 e. The summed E-state index contributed by atoms with van der Waals surface area (Å²) in [6, 6.07) is 3.90. The number of aliphatic imine (C=N–C) groups is 1. The van der Waals surface area contributed by atoms with Crippen LogP contribution in [0.15, 0.2) is 23.3 Å². The van der Waals surface area contributed by atoms with Crippen molar-refractivity contribution in [3.63, 3.8) is 0 Å². The Hall–Kier alpha value is -1.43. The van der Waals surface area contributed by atoms with Crippen LogP contribution in [0.1, 0.15) is 33.3 Å². The Morgan fingerprint density at radius 2 is 2.14 bits per heavy atom. The summed E-state index contributed by atoms with van der Waals surface area (Å²) in [5.74, 6) is 1.48. The molecule has 0 bridgehead atoms. The highest BCUT2D eigenvalue weighted by Gasteiger charge is 2.16. The van der Waals surface area contributed by atoms with E-state index in [4.69, 9.17) is 4.74 Å². The van der Waals surface area contributed by atoms with Gasteiger partial charge in [0.15, 0.2) is 5.96 Å². The quantitative estimate of drug-likeness (QED) is 0.569. The molecule has 0 aliphatic carbocycles. The number of hydrogen-bond acceptors (Lipinski definition) is 4. The van der Waals surface area contributed by atoms with Gasteiger partial charge >= 0.3 is 0 Å². The minimum atomic E-state index is 0.168. The number of nitrogens with one attached hydrogen (secondary N) is 2. The summed E-state index contributed by atoms with van der Waals surface area (Å²) in [5.41, 5.74) is 0.991. The van der Waals surface area contributed by atoms with E-state index in [1.807, 2.05) is 30.8 Å². The van der Waals surface area contributed by atoms with Crippen molar-refractivity contribution in [1.29, 1.82) is 0 Å². The summed E-state index contributed by atoms with van der Waals surface area (Å²) in [5, 5.41) is 6.66. The van der Waals surface area contributed by atoms with Gasteiger partial charge in [0.05, 0.1) is 13.2 Å². The first-order valence-corrected chi connectivity index (χ1v) is 8.89. The molecule has 0 radical (unpaired) electrons. The lowest BCUT2D eigenvalue weighted by Crippen LogP contribution is -2.43. The summed E-state index contributed by atoms with van der Waals surface area (Å²) in [7, 11) is 0. The van der Waals surface area contributed by atoms with Crippen molar-refractivity contribution in [1.82, 2.24) is 15.6 Å². The van der Waals surface area contributed by atoms with E-state index in [0.717, 1.165) is 24.6 Å². The molecule has 124 valence electrons.